The molecule has 0 atom stereocenters. The third-order valence-electron chi connectivity index (χ3n) is 5.74. The van der Waals surface area contributed by atoms with Crippen LogP contribution in [0.4, 0.5) is 0 Å². The number of ether oxygens (including phenoxy) is 2. The quantitative estimate of drug-likeness (QED) is 0.0666. The Bertz CT molecular complexity index is 480. The minimum atomic E-state index is -0.317. The van der Waals surface area contributed by atoms with Gasteiger partial charge in [-0.2, -0.15) is 0 Å². The second-order valence-corrected chi connectivity index (χ2v) is 9.92. The van der Waals surface area contributed by atoms with Crippen molar-refractivity contribution in [3.05, 3.63) is 11.1 Å². The zero-order valence-corrected chi connectivity index (χ0v) is 26.8. The molecule has 2 radical (unpaired) electrons. The Morgan fingerprint density at radius 3 is 1.24 bits per heavy atom. The molecule has 0 amide bonds. The molecule has 0 aromatic carbocycles. The molecule has 0 unspecified atom stereocenters. The number of rotatable bonds is 20. The molecule has 0 fully saturated rings. The summed E-state index contributed by atoms with van der Waals surface area (Å²) in [6.45, 7) is 14.0. The Morgan fingerprint density at radius 1 is 0.576 bits per heavy atom. The molecule has 0 spiro atoms. The van der Waals surface area contributed by atoms with Crippen LogP contribution in [-0.2, 0) is 19.1 Å². The molecule has 4 nitrogen and oxygen atoms in total. The number of esters is 2. The summed E-state index contributed by atoms with van der Waals surface area (Å²) >= 11 is 0. The number of hydrogen-bond acceptors (Lipinski definition) is 4. The fourth-order valence-electron chi connectivity index (χ4n) is 3.63. The second-order valence-electron chi connectivity index (χ2n) is 9.92. The Morgan fingerprint density at radius 2 is 0.939 bits per heavy atom. The summed E-state index contributed by atoms with van der Waals surface area (Å²) in [5, 5.41) is 0. The van der Waals surface area contributed by atoms with E-state index in [-0.39, 0.29) is 35.8 Å². The summed E-state index contributed by atoms with van der Waals surface area (Å²) in [7, 11) is 0. The topological polar surface area (TPSA) is 52.6 Å². The average molecular weight is 573 g/mol. The van der Waals surface area contributed by atoms with Gasteiger partial charge in [0.25, 0.3) is 0 Å². The van der Waals surface area contributed by atoms with Crippen molar-refractivity contribution in [2.45, 2.75) is 131 Å². The maximum absolute atomic E-state index is 12.9. The van der Waals surface area contributed by atoms with Gasteiger partial charge in [0.15, 0.2) is 0 Å². The first-order valence-corrected chi connectivity index (χ1v) is 13.4. The van der Waals surface area contributed by atoms with Gasteiger partial charge in [0.2, 0.25) is 0 Å². The van der Waals surface area contributed by atoms with Crippen LogP contribution in [0.3, 0.4) is 0 Å². The molecule has 0 saturated heterocycles. The number of unbranched alkanes of at least 4 members (excludes halogenated alkanes) is 6. The van der Waals surface area contributed by atoms with E-state index >= 15 is 0 Å². The zero-order chi connectivity index (χ0) is 24.2. The summed E-state index contributed by atoms with van der Waals surface area (Å²) in [6.07, 6.45) is 13.5. The van der Waals surface area contributed by atoms with Crippen LogP contribution in [-0.4, -0.2) is 49.1 Å². The van der Waals surface area contributed by atoms with Gasteiger partial charge in [-0.15, -0.1) is 0 Å². The number of carbonyl (C=O) groups is 2. The van der Waals surface area contributed by atoms with E-state index in [0.29, 0.717) is 49.0 Å². The SMILES string of the molecule is CCCC/C(C(=O)OCCCCCC(C)C)=C(\CCCC)C(=O)OCCCCCC(C)C.[SnH2]. The molecule has 0 aromatic rings. The first kappa shape index (κ1) is 34.6. The third kappa shape index (κ3) is 19.5. The van der Waals surface area contributed by atoms with Gasteiger partial charge in [0.05, 0.1) is 13.2 Å². The van der Waals surface area contributed by atoms with Crippen molar-refractivity contribution < 1.29 is 19.1 Å². The molecule has 0 rings (SSSR count). The summed E-state index contributed by atoms with van der Waals surface area (Å²) in [5.41, 5.74) is 1.10. The monoisotopic (exact) mass is 574 g/mol. The van der Waals surface area contributed by atoms with E-state index in [4.69, 9.17) is 9.47 Å². The molecule has 194 valence electrons. The van der Waals surface area contributed by atoms with E-state index in [9.17, 15) is 9.59 Å². The standard InChI is InChI=1S/C28H52O4.Sn.2H/c1-7-9-19-25(27(29)31-21-15-11-13-17-23(3)4)26(20-10-8-2)28(30)32-22-16-12-14-18-24(5)6;;;/h23-24H,7-22H2,1-6H3;;;/b26-25-;;;. The fraction of sp³-hybridized carbons (Fsp3) is 0.857. The Balaban J connectivity index is 0. The van der Waals surface area contributed by atoms with Gasteiger partial charge in [-0.3, -0.25) is 0 Å². The van der Waals surface area contributed by atoms with Crippen LogP contribution in [0.15, 0.2) is 11.1 Å². The summed E-state index contributed by atoms with van der Waals surface area (Å²) in [5.74, 6) is 0.788. The van der Waals surface area contributed by atoms with E-state index in [1.807, 2.05) is 0 Å². The predicted octanol–water partition coefficient (Wildman–Crippen LogP) is 7.27. The molecule has 5 heteroatoms. The molecular weight excluding hydrogens is 519 g/mol. The maximum atomic E-state index is 12.9. The van der Waals surface area contributed by atoms with Crippen LogP contribution in [0.2, 0.25) is 0 Å². The molecule has 0 saturated carbocycles. The van der Waals surface area contributed by atoms with E-state index < -0.39 is 0 Å². The minimum absolute atomic E-state index is 0. The number of hydrogen-bond donors (Lipinski definition) is 0. The van der Waals surface area contributed by atoms with E-state index in [0.717, 1.165) is 51.4 Å². The van der Waals surface area contributed by atoms with Crippen LogP contribution in [0.25, 0.3) is 0 Å². The van der Waals surface area contributed by atoms with Crippen LogP contribution in [0, 0.1) is 11.8 Å². The Hall–Kier alpha value is -0.521. The van der Waals surface area contributed by atoms with Crippen molar-refractivity contribution in [1.82, 2.24) is 0 Å². The second kappa shape index (κ2) is 23.2. The van der Waals surface area contributed by atoms with Gasteiger partial charge < -0.3 is 9.47 Å². The van der Waals surface area contributed by atoms with Gasteiger partial charge >= 0.3 is 35.8 Å². The van der Waals surface area contributed by atoms with Gasteiger partial charge in [0, 0.05) is 11.1 Å². The van der Waals surface area contributed by atoms with Gasteiger partial charge in [-0.05, 0) is 50.4 Å². The van der Waals surface area contributed by atoms with Gasteiger partial charge in [-0.25, -0.2) is 9.59 Å². The Labute approximate surface area is 222 Å². The van der Waals surface area contributed by atoms with E-state index in [1.54, 1.807) is 0 Å². The van der Waals surface area contributed by atoms with Crippen LogP contribution in [0.1, 0.15) is 131 Å². The molecule has 0 heterocycles. The number of carbonyl (C=O) groups excluding carboxylic acids is 2. The average Bonchev–Trinajstić information content (AvgIpc) is 2.74. The first-order valence-electron chi connectivity index (χ1n) is 13.4. The van der Waals surface area contributed by atoms with Crippen molar-refractivity contribution in [1.29, 1.82) is 0 Å². The molecule has 0 aliphatic carbocycles. The van der Waals surface area contributed by atoms with Crippen molar-refractivity contribution in [3.8, 4) is 0 Å². The molecule has 0 aliphatic rings. The van der Waals surface area contributed by atoms with Crippen molar-refractivity contribution in [2.24, 2.45) is 11.8 Å². The zero-order valence-electron chi connectivity index (χ0n) is 22.8. The summed E-state index contributed by atoms with van der Waals surface area (Å²) in [6, 6.07) is 0. The van der Waals surface area contributed by atoms with Gasteiger partial charge in [-0.1, -0.05) is 92.9 Å². The van der Waals surface area contributed by atoms with E-state index in [2.05, 4.69) is 41.5 Å². The summed E-state index contributed by atoms with van der Waals surface area (Å²) in [4.78, 5) is 25.8. The first-order chi connectivity index (χ1) is 15.3. The van der Waals surface area contributed by atoms with Crippen molar-refractivity contribution in [2.75, 3.05) is 13.2 Å². The molecular formula is C28H54O4Sn. The van der Waals surface area contributed by atoms with Crippen molar-refractivity contribution in [3.63, 3.8) is 0 Å². The third-order valence-corrected chi connectivity index (χ3v) is 5.74. The van der Waals surface area contributed by atoms with Crippen molar-refractivity contribution >= 4 is 35.8 Å². The molecule has 0 N–H and O–H groups in total. The molecule has 33 heavy (non-hydrogen) atoms. The summed E-state index contributed by atoms with van der Waals surface area (Å²) < 4.78 is 11.2. The van der Waals surface area contributed by atoms with E-state index in [1.165, 1.54) is 25.7 Å². The fourth-order valence-corrected chi connectivity index (χ4v) is 3.63. The molecule has 0 aromatic heterocycles. The predicted molar refractivity (Wildman–Crippen MR) is 143 cm³/mol. The van der Waals surface area contributed by atoms with Crippen LogP contribution < -0.4 is 0 Å². The molecule has 0 aliphatic heterocycles. The van der Waals surface area contributed by atoms with Gasteiger partial charge in [0.1, 0.15) is 0 Å². The normalized spacial score (nSPS) is 11.9. The molecule has 0 bridgehead atoms. The van der Waals surface area contributed by atoms with Crippen LogP contribution >= 0.6 is 0 Å². The van der Waals surface area contributed by atoms with Crippen LogP contribution in [0.5, 0.6) is 0 Å². The Kier molecular flexibility index (Phi) is 24.4.